The Morgan fingerprint density at radius 1 is 0.958 bits per heavy atom. The number of pyridine rings is 1. The zero-order valence-electron chi connectivity index (χ0n) is 27.3. The third-order valence-electron chi connectivity index (χ3n) is 9.25. The van der Waals surface area contributed by atoms with Crippen LogP contribution in [-0.4, -0.2) is 61.6 Å². The van der Waals surface area contributed by atoms with Gasteiger partial charge in [-0.3, -0.25) is 19.3 Å². The highest BCUT2D eigenvalue weighted by molar-refractivity contribution is 5.71. The average Bonchev–Trinajstić information content (AvgIpc) is 3.09. The number of piperidine rings is 1. The first-order valence-electron chi connectivity index (χ1n) is 16.0. The summed E-state index contributed by atoms with van der Waals surface area (Å²) >= 11 is 0. The third kappa shape index (κ3) is 7.11. The van der Waals surface area contributed by atoms with E-state index in [0.717, 1.165) is 30.0 Å². The van der Waals surface area contributed by atoms with Crippen molar-refractivity contribution in [3.05, 3.63) is 116 Å². The van der Waals surface area contributed by atoms with Crippen molar-refractivity contribution < 1.29 is 33.3 Å². The van der Waals surface area contributed by atoms with E-state index in [2.05, 4.69) is 4.90 Å². The van der Waals surface area contributed by atoms with Crippen LogP contribution in [0.25, 0.3) is 0 Å². The van der Waals surface area contributed by atoms with Crippen LogP contribution in [0.2, 0.25) is 0 Å². The normalized spacial score (nSPS) is 17.6. The SMILES string of the molecule is COC(=O)CC(c1ccc(OCCc2ccc(OC)cc2)c(OC)c1)c1oc(CN2C[C@H]3C[C@@H](C2)c2cccc(=O)n2C3)cc(=O)c1O. The summed E-state index contributed by atoms with van der Waals surface area (Å²) < 4.78 is 30.0. The minimum Gasteiger partial charge on any atom is -0.502 e. The topological polar surface area (TPSA) is 130 Å². The smallest absolute Gasteiger partial charge is 0.306 e. The van der Waals surface area contributed by atoms with Crippen LogP contribution in [0.15, 0.2) is 80.7 Å². The van der Waals surface area contributed by atoms with Gasteiger partial charge < -0.3 is 33.0 Å². The Labute approximate surface area is 278 Å². The molecule has 6 rings (SSSR count). The molecule has 48 heavy (non-hydrogen) atoms. The number of benzene rings is 2. The van der Waals surface area contributed by atoms with Crippen molar-refractivity contribution in [3.63, 3.8) is 0 Å². The van der Waals surface area contributed by atoms with Crippen LogP contribution in [0.5, 0.6) is 23.0 Å². The predicted molar refractivity (Wildman–Crippen MR) is 177 cm³/mol. The number of esters is 1. The molecule has 252 valence electrons. The highest BCUT2D eigenvalue weighted by Gasteiger charge is 2.35. The molecule has 0 spiro atoms. The van der Waals surface area contributed by atoms with Crippen molar-refractivity contribution in [1.82, 2.24) is 9.47 Å². The van der Waals surface area contributed by atoms with E-state index in [-0.39, 0.29) is 29.6 Å². The number of aromatic nitrogens is 1. The molecule has 4 heterocycles. The molecule has 2 aromatic heterocycles. The molecular weight excluding hydrogens is 616 g/mol. The molecular formula is C37H40N2O9. The number of carbonyl (C=O) groups excluding carboxylic acids is 1. The maximum absolute atomic E-state index is 13.1. The first-order valence-corrected chi connectivity index (χ1v) is 16.0. The second kappa shape index (κ2) is 14.4. The number of aromatic hydroxyl groups is 1. The predicted octanol–water partition coefficient (Wildman–Crippen LogP) is 4.46. The highest BCUT2D eigenvalue weighted by atomic mass is 16.5. The van der Waals surface area contributed by atoms with E-state index in [1.807, 2.05) is 34.9 Å². The van der Waals surface area contributed by atoms with Crippen LogP contribution >= 0.6 is 0 Å². The fraction of sp³-hybridized carbons (Fsp3) is 0.378. The Morgan fingerprint density at radius 3 is 2.52 bits per heavy atom. The minimum absolute atomic E-state index is 0.0197. The van der Waals surface area contributed by atoms with E-state index in [4.69, 9.17) is 23.4 Å². The van der Waals surface area contributed by atoms with Gasteiger partial charge >= 0.3 is 5.97 Å². The second-order valence-corrected chi connectivity index (χ2v) is 12.4. The van der Waals surface area contributed by atoms with Crippen molar-refractivity contribution in [2.24, 2.45) is 5.92 Å². The van der Waals surface area contributed by atoms with Gasteiger partial charge in [0, 0.05) is 49.8 Å². The van der Waals surface area contributed by atoms with Gasteiger partial charge in [-0.2, -0.15) is 0 Å². The lowest BCUT2D eigenvalue weighted by Gasteiger charge is -2.42. The molecule has 0 amide bonds. The zero-order valence-corrected chi connectivity index (χ0v) is 27.3. The molecule has 2 bridgehead atoms. The quantitative estimate of drug-likeness (QED) is 0.218. The molecule has 0 radical (unpaired) electrons. The number of hydrogen-bond acceptors (Lipinski definition) is 10. The first-order chi connectivity index (χ1) is 23.3. The summed E-state index contributed by atoms with van der Waals surface area (Å²) in [6.07, 6.45) is 1.47. The van der Waals surface area contributed by atoms with Gasteiger partial charge in [0.15, 0.2) is 17.3 Å². The van der Waals surface area contributed by atoms with Gasteiger partial charge in [-0.15, -0.1) is 0 Å². The van der Waals surface area contributed by atoms with E-state index < -0.39 is 23.1 Å². The van der Waals surface area contributed by atoms with Crippen LogP contribution in [0.4, 0.5) is 0 Å². The molecule has 0 saturated carbocycles. The molecule has 1 saturated heterocycles. The number of ether oxygens (including phenoxy) is 4. The van der Waals surface area contributed by atoms with Gasteiger partial charge in [0.2, 0.25) is 11.2 Å². The number of likely N-dealkylation sites (tertiary alicyclic amines) is 1. The standard InChI is InChI=1S/C37H40N2O9/c1-44-27-10-7-23(8-11-27)13-14-47-32-12-9-25(16-33(32)45-2)29(18-35(42)46-3)37-36(43)31(40)17-28(48-37)22-38-19-24-15-26(21-38)30-5-4-6-34(41)39(30)20-24/h4-12,16-17,24,26,29,43H,13-15,18-22H2,1-3H3/t24-,26+,29?/m1/s1. The Balaban J connectivity index is 1.23. The lowest BCUT2D eigenvalue weighted by Crippen LogP contribution is -2.46. The van der Waals surface area contributed by atoms with Gasteiger partial charge in [0.1, 0.15) is 11.5 Å². The summed E-state index contributed by atoms with van der Waals surface area (Å²) in [6.45, 7) is 2.81. The summed E-state index contributed by atoms with van der Waals surface area (Å²) in [5.74, 6) is 0.601. The highest BCUT2D eigenvalue weighted by Crippen LogP contribution is 2.39. The molecule has 2 aliphatic rings. The van der Waals surface area contributed by atoms with Crippen LogP contribution in [0.3, 0.4) is 0 Å². The zero-order chi connectivity index (χ0) is 33.8. The molecule has 11 nitrogen and oxygen atoms in total. The van der Waals surface area contributed by atoms with Gasteiger partial charge in [0.25, 0.3) is 5.56 Å². The molecule has 1 fully saturated rings. The Bertz CT molecular complexity index is 1880. The summed E-state index contributed by atoms with van der Waals surface area (Å²) in [4.78, 5) is 40.4. The molecule has 1 unspecified atom stereocenters. The second-order valence-electron chi connectivity index (χ2n) is 12.4. The summed E-state index contributed by atoms with van der Waals surface area (Å²) in [5.41, 5.74) is 2.11. The van der Waals surface area contributed by atoms with E-state index in [1.165, 1.54) is 20.3 Å². The molecule has 4 aromatic rings. The lowest BCUT2D eigenvalue weighted by atomic mass is 9.83. The maximum atomic E-state index is 13.1. The molecule has 1 N–H and O–H groups in total. The largest absolute Gasteiger partial charge is 0.502 e. The summed E-state index contributed by atoms with van der Waals surface area (Å²) in [5, 5.41) is 11.0. The number of carbonyl (C=O) groups is 1. The Morgan fingerprint density at radius 2 is 1.77 bits per heavy atom. The number of nitrogens with zero attached hydrogens (tertiary/aromatic N) is 2. The van der Waals surface area contributed by atoms with Gasteiger partial charge in [-0.1, -0.05) is 24.3 Å². The van der Waals surface area contributed by atoms with Crippen molar-refractivity contribution in [1.29, 1.82) is 0 Å². The Kier molecular flexibility index (Phi) is 9.86. The van der Waals surface area contributed by atoms with E-state index >= 15 is 0 Å². The van der Waals surface area contributed by atoms with Crippen molar-refractivity contribution in [3.8, 4) is 23.0 Å². The molecule has 11 heteroatoms. The minimum atomic E-state index is -0.841. The Hall–Kier alpha value is -5.03. The molecule has 2 aliphatic heterocycles. The molecule has 2 aromatic carbocycles. The number of rotatable bonds is 12. The number of fused-ring (bicyclic) bond motifs is 4. The van der Waals surface area contributed by atoms with Gasteiger partial charge in [-0.25, -0.2) is 0 Å². The van der Waals surface area contributed by atoms with Crippen LogP contribution in [-0.2, 0) is 29.0 Å². The lowest BCUT2D eigenvalue weighted by molar-refractivity contribution is -0.140. The molecule has 3 atom stereocenters. The van der Waals surface area contributed by atoms with Crippen molar-refractivity contribution >= 4 is 5.97 Å². The fourth-order valence-electron chi connectivity index (χ4n) is 6.92. The monoisotopic (exact) mass is 656 g/mol. The molecule has 0 aliphatic carbocycles. The number of hydrogen-bond donors (Lipinski definition) is 1. The summed E-state index contributed by atoms with van der Waals surface area (Å²) in [6, 6.07) is 19.7. The van der Waals surface area contributed by atoms with Crippen LogP contribution in [0.1, 0.15) is 53.0 Å². The van der Waals surface area contributed by atoms with Crippen LogP contribution in [0, 0.1) is 5.92 Å². The average molecular weight is 657 g/mol. The first kappa shape index (κ1) is 32.9. The van der Waals surface area contributed by atoms with E-state index in [1.54, 1.807) is 37.4 Å². The van der Waals surface area contributed by atoms with E-state index in [0.29, 0.717) is 55.5 Å². The third-order valence-corrected chi connectivity index (χ3v) is 9.25. The van der Waals surface area contributed by atoms with Gasteiger partial charge in [0.05, 0.1) is 46.8 Å². The maximum Gasteiger partial charge on any atom is 0.306 e. The van der Waals surface area contributed by atoms with E-state index in [9.17, 15) is 19.5 Å². The fourth-order valence-corrected chi connectivity index (χ4v) is 6.92. The van der Waals surface area contributed by atoms with Gasteiger partial charge in [-0.05, 0) is 53.8 Å². The van der Waals surface area contributed by atoms with Crippen LogP contribution < -0.4 is 25.2 Å². The van der Waals surface area contributed by atoms with Crippen molar-refractivity contribution in [2.45, 2.75) is 44.2 Å². The number of methoxy groups -OCH3 is 3. The van der Waals surface area contributed by atoms with Crippen molar-refractivity contribution in [2.75, 3.05) is 41.0 Å². The summed E-state index contributed by atoms with van der Waals surface area (Å²) in [7, 11) is 4.43.